The molecule has 10 nitrogen and oxygen atoms in total. The fraction of sp³-hybridized carbons (Fsp3) is 0.0500. The monoisotopic (exact) mass is 473 g/mol. The topological polar surface area (TPSA) is 132 Å². The number of rotatable bonds is 4. The van der Waals surface area contributed by atoms with Crippen molar-refractivity contribution < 1.29 is 9.72 Å². The number of nitrogens with zero attached hydrogens (tertiary/aromatic N) is 3. The molecule has 4 aromatic rings. The number of nitro benzene ring substituents is 1. The summed E-state index contributed by atoms with van der Waals surface area (Å²) >= 11 is 11.7. The average Bonchev–Trinajstić information content (AvgIpc) is 3.07. The number of H-pyrrole nitrogens is 1. The normalized spacial score (nSPS) is 11.0. The third kappa shape index (κ3) is 3.66. The van der Waals surface area contributed by atoms with Gasteiger partial charge < -0.3 is 14.9 Å². The number of hydrogen-bond acceptors (Lipinski definition) is 5. The highest BCUT2D eigenvalue weighted by molar-refractivity contribution is 6.32. The van der Waals surface area contributed by atoms with Gasteiger partial charge in [0.2, 0.25) is 0 Å². The van der Waals surface area contributed by atoms with Crippen LogP contribution in [0.5, 0.6) is 0 Å². The molecule has 2 N–H and O–H groups in total. The van der Waals surface area contributed by atoms with Crippen molar-refractivity contribution in [1.29, 1.82) is 0 Å². The molecule has 0 atom stereocenters. The van der Waals surface area contributed by atoms with Gasteiger partial charge in [-0.05, 0) is 36.4 Å². The third-order valence-electron chi connectivity index (χ3n) is 4.75. The van der Waals surface area contributed by atoms with E-state index >= 15 is 0 Å². The fourth-order valence-electron chi connectivity index (χ4n) is 3.30. The van der Waals surface area contributed by atoms with Crippen LogP contribution in [-0.2, 0) is 7.05 Å². The second-order valence-electron chi connectivity index (χ2n) is 6.80. The lowest BCUT2D eigenvalue weighted by atomic mass is 10.2. The first-order chi connectivity index (χ1) is 15.2. The van der Waals surface area contributed by atoms with Crippen LogP contribution >= 0.6 is 23.2 Å². The van der Waals surface area contributed by atoms with Crippen molar-refractivity contribution in [2.24, 2.45) is 7.05 Å². The van der Waals surface area contributed by atoms with Gasteiger partial charge >= 0.3 is 5.69 Å². The number of fused-ring (bicyclic) bond motifs is 1. The molecule has 0 unspecified atom stereocenters. The molecule has 0 aliphatic heterocycles. The first-order valence-electron chi connectivity index (χ1n) is 9.03. The van der Waals surface area contributed by atoms with Crippen LogP contribution in [0.2, 0.25) is 10.0 Å². The lowest BCUT2D eigenvalue weighted by Crippen LogP contribution is -2.34. The number of carbonyl (C=O) groups is 1. The highest BCUT2D eigenvalue weighted by Crippen LogP contribution is 2.28. The molecule has 2 heterocycles. The summed E-state index contributed by atoms with van der Waals surface area (Å²) in [6.07, 6.45) is 1.38. The van der Waals surface area contributed by atoms with Gasteiger partial charge in [0, 0.05) is 30.0 Å². The van der Waals surface area contributed by atoms with Crippen LogP contribution in [0, 0.1) is 10.1 Å². The molecule has 32 heavy (non-hydrogen) atoms. The predicted octanol–water partition coefficient (Wildman–Crippen LogP) is 3.48. The third-order valence-corrected chi connectivity index (χ3v) is 5.32. The number of amides is 1. The Kier molecular flexibility index (Phi) is 5.33. The van der Waals surface area contributed by atoms with Crippen molar-refractivity contribution in [2.45, 2.75) is 0 Å². The maximum atomic E-state index is 13.1. The lowest BCUT2D eigenvalue weighted by molar-refractivity contribution is -0.384. The number of halogens is 2. The van der Waals surface area contributed by atoms with E-state index in [0.29, 0.717) is 10.7 Å². The number of aryl methyl sites for hydroxylation is 1. The van der Waals surface area contributed by atoms with E-state index in [1.165, 1.54) is 35.0 Å². The number of anilines is 1. The first-order valence-corrected chi connectivity index (χ1v) is 9.78. The van der Waals surface area contributed by atoms with E-state index in [-0.39, 0.29) is 33.0 Å². The van der Waals surface area contributed by atoms with Crippen molar-refractivity contribution >= 4 is 51.5 Å². The van der Waals surface area contributed by atoms with Gasteiger partial charge in [0.15, 0.2) is 0 Å². The van der Waals surface area contributed by atoms with Gasteiger partial charge in [-0.25, -0.2) is 9.36 Å². The molecule has 12 heteroatoms. The molecule has 0 spiro atoms. The summed E-state index contributed by atoms with van der Waals surface area (Å²) in [6, 6.07) is 9.93. The molecule has 0 bridgehead atoms. The minimum Gasteiger partial charge on any atom is -0.344 e. The van der Waals surface area contributed by atoms with E-state index in [0.717, 1.165) is 10.6 Å². The van der Waals surface area contributed by atoms with E-state index in [1.807, 2.05) is 0 Å². The van der Waals surface area contributed by atoms with Gasteiger partial charge in [-0.1, -0.05) is 23.2 Å². The van der Waals surface area contributed by atoms with Gasteiger partial charge in [-0.3, -0.25) is 19.7 Å². The molecule has 0 fully saturated rings. The maximum absolute atomic E-state index is 13.1. The summed E-state index contributed by atoms with van der Waals surface area (Å²) in [4.78, 5) is 51.6. The Morgan fingerprint density at radius 2 is 1.81 bits per heavy atom. The minimum atomic E-state index is -0.743. The van der Waals surface area contributed by atoms with Crippen LogP contribution in [0.3, 0.4) is 0 Å². The van der Waals surface area contributed by atoms with Crippen LogP contribution in [0.25, 0.3) is 16.7 Å². The Morgan fingerprint density at radius 3 is 2.47 bits per heavy atom. The molecule has 162 valence electrons. The summed E-state index contributed by atoms with van der Waals surface area (Å²) in [5.74, 6) is -0.675. The molecule has 4 rings (SSSR count). The van der Waals surface area contributed by atoms with Crippen molar-refractivity contribution in [3.63, 3.8) is 0 Å². The number of aromatic nitrogens is 3. The highest BCUT2D eigenvalue weighted by Gasteiger charge is 2.21. The van der Waals surface area contributed by atoms with Crippen molar-refractivity contribution in [1.82, 2.24) is 14.1 Å². The number of aromatic amines is 1. The summed E-state index contributed by atoms with van der Waals surface area (Å²) in [7, 11) is 1.55. The Bertz CT molecular complexity index is 1520. The second-order valence-corrected chi connectivity index (χ2v) is 7.65. The summed E-state index contributed by atoms with van der Waals surface area (Å²) < 4.78 is 2.35. The lowest BCUT2D eigenvalue weighted by Gasteiger charge is -2.07. The van der Waals surface area contributed by atoms with Crippen LogP contribution in [0.1, 0.15) is 10.4 Å². The van der Waals surface area contributed by atoms with E-state index < -0.39 is 22.1 Å². The van der Waals surface area contributed by atoms with Crippen molar-refractivity contribution in [2.75, 3.05) is 5.32 Å². The van der Waals surface area contributed by atoms with Gasteiger partial charge in [0.05, 0.1) is 21.7 Å². The molecule has 0 aliphatic rings. The van der Waals surface area contributed by atoms with Crippen LogP contribution in [-0.4, -0.2) is 24.9 Å². The van der Waals surface area contributed by atoms with Crippen molar-refractivity contribution in [3.8, 4) is 5.69 Å². The Hall–Kier alpha value is -3.89. The number of hydrogen-bond donors (Lipinski definition) is 2. The molecule has 2 aromatic heterocycles. The highest BCUT2D eigenvalue weighted by atomic mass is 35.5. The second kappa shape index (κ2) is 7.98. The smallest absolute Gasteiger partial charge is 0.333 e. The Balaban J connectivity index is 1.80. The molecule has 0 saturated heterocycles. The maximum Gasteiger partial charge on any atom is 0.333 e. The number of benzene rings is 2. The standard InChI is InChI=1S/C20H13Cl2N5O5/c1-25-9-13(18(28)23-11-4-7-14(22)15(8-11)27(31)32)16-17(25)19(29)26(20(30)24-16)12-5-2-10(21)3-6-12/h2-9H,1H3,(H,23,28)(H,24,30). The average molecular weight is 474 g/mol. The van der Waals surface area contributed by atoms with Gasteiger partial charge in [0.1, 0.15) is 10.5 Å². The molecule has 2 aromatic carbocycles. The van der Waals surface area contributed by atoms with E-state index in [4.69, 9.17) is 23.2 Å². The molecule has 0 radical (unpaired) electrons. The molecular formula is C20H13Cl2N5O5. The Morgan fingerprint density at radius 1 is 1.12 bits per heavy atom. The molecule has 1 amide bonds. The van der Waals surface area contributed by atoms with E-state index in [1.54, 1.807) is 19.2 Å². The molecule has 0 saturated carbocycles. The summed E-state index contributed by atoms with van der Waals surface area (Å²) in [5.41, 5.74) is -1.18. The number of nitro groups is 1. The quantitative estimate of drug-likeness (QED) is 0.345. The zero-order chi connectivity index (χ0) is 23.2. The van der Waals surface area contributed by atoms with Crippen LogP contribution < -0.4 is 16.6 Å². The van der Waals surface area contributed by atoms with Crippen molar-refractivity contribution in [3.05, 3.63) is 95.2 Å². The fourth-order valence-corrected chi connectivity index (χ4v) is 3.61. The zero-order valence-corrected chi connectivity index (χ0v) is 17.8. The zero-order valence-electron chi connectivity index (χ0n) is 16.3. The van der Waals surface area contributed by atoms with Gasteiger partial charge in [-0.15, -0.1) is 0 Å². The number of carbonyl (C=O) groups excluding carboxylic acids is 1. The Labute approximate surface area is 188 Å². The van der Waals surface area contributed by atoms with Gasteiger partial charge in [-0.2, -0.15) is 0 Å². The minimum absolute atomic E-state index is 0.0116. The SMILES string of the molecule is Cn1cc(C(=O)Nc2ccc(Cl)c([N+](=O)[O-])c2)c2[nH]c(=O)n(-c3ccc(Cl)cc3)c(=O)c21. The predicted molar refractivity (Wildman–Crippen MR) is 120 cm³/mol. The number of nitrogens with one attached hydrogen (secondary N) is 2. The summed E-state index contributed by atoms with van der Waals surface area (Å²) in [6.45, 7) is 0. The van der Waals surface area contributed by atoms with Crippen LogP contribution in [0.15, 0.2) is 58.3 Å². The van der Waals surface area contributed by atoms with E-state index in [2.05, 4.69) is 10.3 Å². The largest absolute Gasteiger partial charge is 0.344 e. The summed E-state index contributed by atoms with van der Waals surface area (Å²) in [5, 5.41) is 14.0. The van der Waals surface area contributed by atoms with Crippen LogP contribution in [0.4, 0.5) is 11.4 Å². The van der Waals surface area contributed by atoms with E-state index in [9.17, 15) is 24.5 Å². The molecule has 0 aliphatic carbocycles. The van der Waals surface area contributed by atoms with Gasteiger partial charge in [0.25, 0.3) is 17.2 Å². The molecular weight excluding hydrogens is 461 g/mol. The first kappa shape index (κ1) is 21.3.